The number of hydrogen-bond acceptors (Lipinski definition) is 5. The van der Waals surface area contributed by atoms with E-state index in [-0.39, 0.29) is 11.3 Å². The molecule has 2 heterocycles. The molecular formula is C32H39ClN4O2. The first kappa shape index (κ1) is 26.5. The van der Waals surface area contributed by atoms with Crippen LogP contribution < -0.4 is 0 Å². The largest absolute Gasteiger partial charge is 0.345 e. The van der Waals surface area contributed by atoms with Gasteiger partial charge in [0.25, 0.3) is 0 Å². The molecule has 1 amide bonds. The van der Waals surface area contributed by atoms with Gasteiger partial charge in [-0.15, -0.1) is 0 Å². The fourth-order valence-electron chi connectivity index (χ4n) is 6.98. The lowest BCUT2D eigenvalue weighted by Gasteiger charge is -2.32. The van der Waals surface area contributed by atoms with Crippen LogP contribution in [0, 0.1) is 11.8 Å². The minimum Gasteiger partial charge on any atom is -0.345 e. The summed E-state index contributed by atoms with van der Waals surface area (Å²) in [4.78, 5) is 22.5. The fraction of sp³-hybridized carbons (Fsp3) is 0.531. The number of halogens is 1. The average molecular weight is 547 g/mol. The highest BCUT2D eigenvalue weighted by Crippen LogP contribution is 2.55. The maximum Gasteiger partial charge on any atom is 0.229 e. The van der Waals surface area contributed by atoms with Crippen LogP contribution in [-0.4, -0.2) is 59.1 Å². The summed E-state index contributed by atoms with van der Waals surface area (Å²) >= 11 is 6.23. The topological polar surface area (TPSA) is 62.5 Å². The second-order valence-electron chi connectivity index (χ2n) is 12.0. The van der Waals surface area contributed by atoms with E-state index in [4.69, 9.17) is 21.1 Å². The molecule has 2 aliphatic carbocycles. The van der Waals surface area contributed by atoms with Gasteiger partial charge in [0.1, 0.15) is 0 Å². The van der Waals surface area contributed by atoms with Crippen molar-refractivity contribution in [3.63, 3.8) is 0 Å². The van der Waals surface area contributed by atoms with Crippen molar-refractivity contribution >= 4 is 17.5 Å². The maximum atomic E-state index is 13.2. The molecule has 2 aromatic carbocycles. The van der Waals surface area contributed by atoms with Crippen molar-refractivity contribution in [2.75, 3.05) is 33.2 Å². The van der Waals surface area contributed by atoms with Crippen LogP contribution in [-0.2, 0) is 16.6 Å². The van der Waals surface area contributed by atoms with Gasteiger partial charge in [-0.3, -0.25) is 4.79 Å². The molecule has 0 N–H and O–H groups in total. The molecule has 0 bridgehead atoms. The molecule has 6 rings (SSSR count). The molecule has 6 nitrogen and oxygen atoms in total. The fourth-order valence-corrected chi connectivity index (χ4v) is 7.11. The average Bonchev–Trinajstić information content (AvgIpc) is 3.32. The standard InChI is InChI=1S/C32H39ClN4O2/c1-36(31(38)25-9-5-6-10-25)22-32(26-11-13-28(33)14-12-26)20-27(32)21-37-17-15-24(16-18-37)30-34-29(35-39-30)19-23-7-3-2-4-8-23/h2-4,7-8,11-14,24-25,27H,5-6,9-10,15-22H2,1H3/t27-,32+/m0/s1. The molecule has 3 aromatic rings. The van der Waals surface area contributed by atoms with Crippen LogP contribution in [0.25, 0.3) is 0 Å². The number of piperidine rings is 1. The first-order valence-corrected chi connectivity index (χ1v) is 15.0. The summed E-state index contributed by atoms with van der Waals surface area (Å²) in [6.07, 6.45) is 8.35. The van der Waals surface area contributed by atoms with Gasteiger partial charge >= 0.3 is 0 Å². The summed E-state index contributed by atoms with van der Waals surface area (Å²) in [7, 11) is 2.01. The molecule has 39 heavy (non-hydrogen) atoms. The van der Waals surface area contributed by atoms with Crippen LogP contribution >= 0.6 is 11.6 Å². The Morgan fingerprint density at radius 1 is 1.05 bits per heavy atom. The molecule has 0 unspecified atom stereocenters. The Labute approximate surface area is 236 Å². The van der Waals surface area contributed by atoms with E-state index in [1.807, 2.05) is 42.3 Å². The molecule has 3 fully saturated rings. The van der Waals surface area contributed by atoms with Crippen LogP contribution in [0.5, 0.6) is 0 Å². The number of carbonyl (C=O) groups is 1. The van der Waals surface area contributed by atoms with Crippen LogP contribution in [0.2, 0.25) is 5.02 Å². The summed E-state index contributed by atoms with van der Waals surface area (Å²) in [5, 5.41) is 5.01. The molecule has 0 spiro atoms. The number of rotatable bonds is 9. The van der Waals surface area contributed by atoms with Gasteiger partial charge in [0.15, 0.2) is 5.82 Å². The number of benzene rings is 2. The quantitative estimate of drug-likeness (QED) is 0.324. The number of hydrogen-bond donors (Lipinski definition) is 0. The smallest absolute Gasteiger partial charge is 0.229 e. The third kappa shape index (κ3) is 5.92. The Bertz CT molecular complexity index is 1250. The van der Waals surface area contributed by atoms with Crippen LogP contribution in [0.4, 0.5) is 0 Å². The third-order valence-corrected chi connectivity index (χ3v) is 9.61. The Hall–Kier alpha value is -2.70. The van der Waals surface area contributed by atoms with Gasteiger partial charge in [-0.05, 0) is 74.4 Å². The van der Waals surface area contributed by atoms with Gasteiger partial charge in [-0.25, -0.2) is 0 Å². The zero-order valence-electron chi connectivity index (χ0n) is 22.9. The van der Waals surface area contributed by atoms with Gasteiger partial charge in [0, 0.05) is 48.8 Å². The van der Waals surface area contributed by atoms with Crippen molar-refractivity contribution < 1.29 is 9.32 Å². The molecule has 2 atom stereocenters. The molecule has 2 saturated carbocycles. The first-order valence-electron chi connectivity index (χ1n) is 14.6. The Kier molecular flexibility index (Phi) is 7.77. The van der Waals surface area contributed by atoms with Crippen molar-refractivity contribution in [2.24, 2.45) is 11.8 Å². The third-order valence-electron chi connectivity index (χ3n) is 9.36. The number of nitrogens with zero attached hydrogens (tertiary/aromatic N) is 4. The summed E-state index contributed by atoms with van der Waals surface area (Å²) in [5.41, 5.74) is 2.53. The summed E-state index contributed by atoms with van der Waals surface area (Å²) in [6.45, 7) is 3.91. The van der Waals surface area contributed by atoms with Gasteiger partial charge in [0.2, 0.25) is 11.8 Å². The highest BCUT2D eigenvalue weighted by molar-refractivity contribution is 6.30. The van der Waals surface area contributed by atoms with E-state index in [1.54, 1.807) is 0 Å². The second kappa shape index (κ2) is 11.4. The Morgan fingerprint density at radius 2 is 1.77 bits per heavy atom. The SMILES string of the molecule is CN(C[C@@]1(c2ccc(Cl)cc2)C[C@H]1CN1CCC(c2nc(Cc3ccccc3)no2)CC1)C(=O)C1CCCC1. The Balaban J connectivity index is 1.06. The van der Waals surface area contributed by atoms with Crippen molar-refractivity contribution in [2.45, 2.75) is 62.7 Å². The van der Waals surface area contributed by atoms with E-state index >= 15 is 0 Å². The molecule has 7 heteroatoms. The molecule has 0 radical (unpaired) electrons. The van der Waals surface area contributed by atoms with Gasteiger partial charge < -0.3 is 14.3 Å². The number of amides is 1. The monoisotopic (exact) mass is 546 g/mol. The number of likely N-dealkylation sites (N-methyl/N-ethyl adjacent to an activating group) is 1. The van der Waals surface area contributed by atoms with Gasteiger partial charge in [0.05, 0.1) is 0 Å². The van der Waals surface area contributed by atoms with Crippen molar-refractivity contribution in [3.05, 3.63) is 82.5 Å². The molecular weight excluding hydrogens is 508 g/mol. The van der Waals surface area contributed by atoms with Crippen molar-refractivity contribution in [3.8, 4) is 0 Å². The lowest BCUT2D eigenvalue weighted by Crippen LogP contribution is -2.40. The predicted molar refractivity (Wildman–Crippen MR) is 153 cm³/mol. The highest BCUT2D eigenvalue weighted by atomic mass is 35.5. The lowest BCUT2D eigenvalue weighted by atomic mass is 9.91. The molecule has 1 aliphatic heterocycles. The van der Waals surface area contributed by atoms with Gasteiger partial charge in [-0.2, -0.15) is 4.98 Å². The van der Waals surface area contributed by atoms with E-state index in [0.29, 0.717) is 24.2 Å². The van der Waals surface area contributed by atoms with E-state index in [1.165, 1.54) is 24.0 Å². The minimum absolute atomic E-state index is 0.0171. The number of aromatic nitrogens is 2. The zero-order chi connectivity index (χ0) is 26.8. The summed E-state index contributed by atoms with van der Waals surface area (Å²) < 4.78 is 5.69. The van der Waals surface area contributed by atoms with E-state index in [9.17, 15) is 4.79 Å². The molecule has 206 valence electrons. The highest BCUT2D eigenvalue weighted by Gasteiger charge is 2.56. The number of carbonyl (C=O) groups excluding carboxylic acids is 1. The predicted octanol–water partition coefficient (Wildman–Crippen LogP) is 6.10. The minimum atomic E-state index is 0.0171. The normalized spacial score (nSPS) is 24.2. The van der Waals surface area contributed by atoms with Crippen molar-refractivity contribution in [1.82, 2.24) is 19.9 Å². The van der Waals surface area contributed by atoms with Crippen LogP contribution in [0.1, 0.15) is 73.7 Å². The maximum absolute atomic E-state index is 13.2. The number of likely N-dealkylation sites (tertiary alicyclic amines) is 1. The van der Waals surface area contributed by atoms with Gasteiger partial charge in [-0.1, -0.05) is 72.1 Å². The second-order valence-corrected chi connectivity index (χ2v) is 12.5. The van der Waals surface area contributed by atoms with E-state index in [0.717, 1.165) is 75.0 Å². The summed E-state index contributed by atoms with van der Waals surface area (Å²) in [5.74, 6) is 2.96. The molecule has 1 saturated heterocycles. The molecule has 1 aromatic heterocycles. The summed E-state index contributed by atoms with van der Waals surface area (Å²) in [6, 6.07) is 18.6. The lowest BCUT2D eigenvalue weighted by molar-refractivity contribution is -0.134. The first-order chi connectivity index (χ1) is 19.0. The van der Waals surface area contributed by atoms with Crippen LogP contribution in [0.15, 0.2) is 59.1 Å². The Morgan fingerprint density at radius 3 is 2.49 bits per heavy atom. The molecule has 3 aliphatic rings. The van der Waals surface area contributed by atoms with E-state index < -0.39 is 0 Å². The van der Waals surface area contributed by atoms with E-state index in [2.05, 4.69) is 34.3 Å². The van der Waals surface area contributed by atoms with Crippen LogP contribution in [0.3, 0.4) is 0 Å². The zero-order valence-corrected chi connectivity index (χ0v) is 23.7. The van der Waals surface area contributed by atoms with Crippen molar-refractivity contribution in [1.29, 1.82) is 0 Å².